The van der Waals surface area contributed by atoms with Crippen LogP contribution in [0.15, 0.2) is 24.3 Å². The molecule has 3 rings (SSSR count). The molecule has 0 aliphatic heterocycles. The third-order valence-corrected chi connectivity index (χ3v) is 4.08. The van der Waals surface area contributed by atoms with Gasteiger partial charge >= 0.3 is 5.97 Å². The van der Waals surface area contributed by atoms with Gasteiger partial charge in [0.25, 0.3) is 0 Å². The fourth-order valence-corrected chi connectivity index (χ4v) is 2.96. The van der Waals surface area contributed by atoms with E-state index in [1.54, 1.807) is 0 Å². The topological polar surface area (TPSA) is 70.1 Å². The molecule has 1 saturated carbocycles. The highest BCUT2D eigenvalue weighted by Crippen LogP contribution is 2.31. The number of esters is 1. The number of rotatable bonds is 2. The van der Waals surface area contributed by atoms with Gasteiger partial charge in [-0.3, -0.25) is 4.68 Å². The molecule has 1 aliphatic rings. The zero-order valence-corrected chi connectivity index (χ0v) is 12.8. The number of benzene rings is 1. The zero-order valence-electron chi connectivity index (χ0n) is 12.0. The summed E-state index contributed by atoms with van der Waals surface area (Å²) < 4.78 is 6.81. The first kappa shape index (κ1) is 15.8. The Kier molecular flexibility index (Phi) is 4.85. The van der Waals surface area contributed by atoms with E-state index in [1.165, 1.54) is 7.11 Å². The van der Waals surface area contributed by atoms with Gasteiger partial charge in [0.05, 0.1) is 18.7 Å². The Morgan fingerprint density at radius 1 is 1.29 bits per heavy atom. The number of ether oxygens (including phenoxy) is 1. The maximum absolute atomic E-state index is 11.9. The van der Waals surface area contributed by atoms with Crippen molar-refractivity contribution in [2.75, 3.05) is 7.11 Å². The highest BCUT2D eigenvalue weighted by atomic mass is 35.5. The molecule has 1 fully saturated rings. The van der Waals surface area contributed by atoms with Crippen molar-refractivity contribution in [3.63, 3.8) is 0 Å². The van der Waals surface area contributed by atoms with Gasteiger partial charge in [0, 0.05) is 11.4 Å². The van der Waals surface area contributed by atoms with Crippen LogP contribution in [-0.4, -0.2) is 28.9 Å². The van der Waals surface area contributed by atoms with Crippen molar-refractivity contribution in [3.8, 4) is 0 Å². The van der Waals surface area contributed by atoms with E-state index in [9.17, 15) is 4.79 Å². The van der Waals surface area contributed by atoms with Gasteiger partial charge in [0.15, 0.2) is 5.69 Å². The van der Waals surface area contributed by atoms with Crippen LogP contribution in [0.5, 0.6) is 0 Å². The van der Waals surface area contributed by atoms with Crippen molar-refractivity contribution in [2.45, 2.75) is 37.8 Å². The summed E-state index contributed by atoms with van der Waals surface area (Å²) in [4.78, 5) is 11.9. The maximum atomic E-state index is 11.9. The second kappa shape index (κ2) is 6.45. The van der Waals surface area contributed by atoms with Gasteiger partial charge in [-0.25, -0.2) is 4.79 Å². The Morgan fingerprint density at radius 2 is 1.95 bits per heavy atom. The van der Waals surface area contributed by atoms with Crippen molar-refractivity contribution in [3.05, 3.63) is 30.0 Å². The number of carbonyl (C=O) groups excluding carboxylic acids is 1. The summed E-state index contributed by atoms with van der Waals surface area (Å²) in [6.07, 6.45) is 4.03. The van der Waals surface area contributed by atoms with E-state index in [-0.39, 0.29) is 18.4 Å². The summed E-state index contributed by atoms with van der Waals surface area (Å²) >= 11 is 0. The summed E-state index contributed by atoms with van der Waals surface area (Å²) in [7, 11) is 1.38. The molecule has 1 aliphatic carbocycles. The summed E-state index contributed by atoms with van der Waals surface area (Å²) in [5.41, 5.74) is 7.35. The number of methoxy groups -OCH3 is 1. The van der Waals surface area contributed by atoms with Crippen molar-refractivity contribution in [2.24, 2.45) is 5.73 Å². The van der Waals surface area contributed by atoms with Gasteiger partial charge in [-0.15, -0.1) is 12.4 Å². The van der Waals surface area contributed by atoms with Crippen LogP contribution in [0.3, 0.4) is 0 Å². The van der Waals surface area contributed by atoms with Gasteiger partial charge in [-0.05, 0) is 31.7 Å². The molecule has 5 nitrogen and oxygen atoms in total. The smallest absolute Gasteiger partial charge is 0.359 e. The number of nitrogens with zero attached hydrogens (tertiary/aromatic N) is 2. The fourth-order valence-electron chi connectivity index (χ4n) is 2.96. The van der Waals surface area contributed by atoms with Crippen LogP contribution < -0.4 is 5.73 Å². The van der Waals surface area contributed by atoms with Gasteiger partial charge in [0.1, 0.15) is 0 Å². The standard InChI is InChI=1S/C15H19N3O2.ClH/c1-20-15(19)14-12-4-2-3-5-13(12)18(17-14)11-8-6-10(16)7-9-11;/h2-5,10-11H,6-9,16H2,1H3;1H. The number of carbonyl (C=O) groups is 1. The molecule has 21 heavy (non-hydrogen) atoms. The molecule has 2 aromatic rings. The average Bonchev–Trinajstić information content (AvgIpc) is 2.87. The van der Waals surface area contributed by atoms with E-state index in [0.29, 0.717) is 17.8 Å². The molecule has 1 heterocycles. The number of halogens is 1. The minimum atomic E-state index is -0.382. The van der Waals surface area contributed by atoms with E-state index in [0.717, 1.165) is 36.6 Å². The Labute approximate surface area is 129 Å². The molecule has 0 bridgehead atoms. The lowest BCUT2D eigenvalue weighted by molar-refractivity contribution is 0.0594. The molecule has 1 aromatic heterocycles. The highest BCUT2D eigenvalue weighted by Gasteiger charge is 2.25. The Balaban J connectivity index is 0.00000161. The first-order chi connectivity index (χ1) is 9.70. The molecule has 0 saturated heterocycles. The van der Waals surface area contributed by atoms with Crippen LogP contribution >= 0.6 is 12.4 Å². The number of para-hydroxylation sites is 1. The predicted octanol–water partition coefficient (Wildman–Crippen LogP) is 2.69. The van der Waals surface area contributed by atoms with Crippen LogP contribution in [-0.2, 0) is 4.74 Å². The fraction of sp³-hybridized carbons (Fsp3) is 0.467. The average molecular weight is 310 g/mol. The first-order valence-corrected chi connectivity index (χ1v) is 7.02. The molecule has 1 aromatic carbocycles. The van der Waals surface area contributed by atoms with Crippen LogP contribution in [0.25, 0.3) is 10.9 Å². The largest absolute Gasteiger partial charge is 0.464 e. The molecule has 0 unspecified atom stereocenters. The summed E-state index contributed by atoms with van der Waals surface area (Å²) in [5, 5.41) is 5.37. The summed E-state index contributed by atoms with van der Waals surface area (Å²) in [6, 6.07) is 8.42. The second-order valence-corrected chi connectivity index (χ2v) is 5.37. The molecule has 0 amide bonds. The number of hydrogen-bond donors (Lipinski definition) is 1. The third kappa shape index (κ3) is 2.89. The number of nitrogens with two attached hydrogens (primary N) is 1. The number of hydrogen-bond acceptors (Lipinski definition) is 4. The lowest BCUT2D eigenvalue weighted by atomic mass is 9.92. The van der Waals surface area contributed by atoms with Crippen LogP contribution in [0.4, 0.5) is 0 Å². The predicted molar refractivity (Wildman–Crippen MR) is 83.8 cm³/mol. The van der Waals surface area contributed by atoms with Crippen LogP contribution in [0, 0.1) is 0 Å². The molecule has 0 atom stereocenters. The summed E-state index contributed by atoms with van der Waals surface area (Å²) in [6.45, 7) is 0. The molecule has 0 spiro atoms. The minimum Gasteiger partial charge on any atom is -0.464 e. The van der Waals surface area contributed by atoms with Gasteiger partial charge in [-0.1, -0.05) is 18.2 Å². The van der Waals surface area contributed by atoms with Crippen molar-refractivity contribution < 1.29 is 9.53 Å². The monoisotopic (exact) mass is 309 g/mol. The molecule has 6 heteroatoms. The molecule has 0 radical (unpaired) electrons. The Morgan fingerprint density at radius 3 is 2.62 bits per heavy atom. The van der Waals surface area contributed by atoms with Crippen LogP contribution in [0.1, 0.15) is 42.2 Å². The lowest BCUT2D eigenvalue weighted by Crippen LogP contribution is -2.28. The van der Waals surface area contributed by atoms with E-state index < -0.39 is 0 Å². The highest BCUT2D eigenvalue weighted by molar-refractivity contribution is 6.02. The normalized spacial score (nSPS) is 21.8. The first-order valence-electron chi connectivity index (χ1n) is 7.02. The SMILES string of the molecule is COC(=O)c1nn(C2CCC(N)CC2)c2ccccc12.Cl. The third-order valence-electron chi connectivity index (χ3n) is 4.08. The number of fused-ring (bicyclic) bond motifs is 1. The van der Waals surface area contributed by atoms with Crippen LogP contribution in [0.2, 0.25) is 0 Å². The van der Waals surface area contributed by atoms with Gasteiger partial charge in [-0.2, -0.15) is 5.10 Å². The Bertz CT molecular complexity index is 633. The van der Waals surface area contributed by atoms with E-state index in [2.05, 4.69) is 5.10 Å². The maximum Gasteiger partial charge on any atom is 0.359 e. The molecular weight excluding hydrogens is 290 g/mol. The van der Waals surface area contributed by atoms with Gasteiger partial charge in [0.2, 0.25) is 0 Å². The second-order valence-electron chi connectivity index (χ2n) is 5.37. The molecular formula is C15H20ClN3O2. The lowest BCUT2D eigenvalue weighted by Gasteiger charge is -2.26. The van der Waals surface area contributed by atoms with Gasteiger partial charge < -0.3 is 10.5 Å². The van der Waals surface area contributed by atoms with E-state index in [4.69, 9.17) is 10.5 Å². The van der Waals surface area contributed by atoms with Crippen molar-refractivity contribution in [1.29, 1.82) is 0 Å². The van der Waals surface area contributed by atoms with Crippen molar-refractivity contribution >= 4 is 29.3 Å². The Hall–Kier alpha value is -1.59. The van der Waals surface area contributed by atoms with Crippen molar-refractivity contribution in [1.82, 2.24) is 9.78 Å². The zero-order chi connectivity index (χ0) is 14.1. The minimum absolute atomic E-state index is 0. The van der Waals surface area contributed by atoms with E-state index in [1.807, 2.05) is 28.9 Å². The molecule has 114 valence electrons. The van der Waals surface area contributed by atoms with E-state index >= 15 is 0 Å². The molecule has 2 N–H and O–H groups in total. The quantitative estimate of drug-likeness (QED) is 0.866. The number of aromatic nitrogens is 2. The summed E-state index contributed by atoms with van der Waals surface area (Å²) in [5.74, 6) is -0.382.